The Hall–Kier alpha value is -7.94. The summed E-state index contributed by atoms with van der Waals surface area (Å²) in [5.74, 6) is 0.193. The summed E-state index contributed by atoms with van der Waals surface area (Å²) in [4.78, 5) is 2.51. The standard InChI is InChI=1S/C60H42N2/c1-2-18-44-40-45(33-32-41(44)16-1)49-22-8-11-28-56(49)61(60-39-38-52(51-23-5-6-24-53(51)60)50-27-15-19-42-17-3-4-20-47(42)50)46-36-34-43(35-37-46)48-21-7-12-29-57(48)62-58-30-13-9-25-54(58)55-26-10-14-31-59(55)62/h1-34,36-40,43H,35H2. The molecule has 0 N–H and O–H groups in total. The van der Waals surface area contributed by atoms with Crippen LogP contribution in [-0.2, 0) is 0 Å². The van der Waals surface area contributed by atoms with Crippen LogP contribution in [0.1, 0.15) is 17.9 Å². The van der Waals surface area contributed by atoms with Gasteiger partial charge in [-0.2, -0.15) is 0 Å². The summed E-state index contributed by atoms with van der Waals surface area (Å²) >= 11 is 0. The first-order valence-corrected chi connectivity index (χ1v) is 21.6. The van der Waals surface area contributed by atoms with E-state index in [4.69, 9.17) is 0 Å². The van der Waals surface area contributed by atoms with Crippen molar-refractivity contribution in [3.05, 3.63) is 248 Å². The lowest BCUT2D eigenvalue weighted by Crippen LogP contribution is -2.19. The van der Waals surface area contributed by atoms with Crippen LogP contribution in [0.3, 0.4) is 0 Å². The van der Waals surface area contributed by atoms with Crippen molar-refractivity contribution in [2.75, 3.05) is 4.90 Å². The number of para-hydroxylation sites is 4. The molecule has 12 rings (SSSR count). The summed E-state index contributed by atoms with van der Waals surface area (Å²) in [5.41, 5.74) is 13.3. The fraction of sp³-hybridized carbons (Fsp3) is 0.0333. The molecule has 0 fully saturated rings. The summed E-state index contributed by atoms with van der Waals surface area (Å²) in [6, 6.07) is 79.9. The molecule has 1 unspecified atom stereocenters. The first-order valence-electron chi connectivity index (χ1n) is 21.6. The molecule has 1 atom stereocenters. The average molecular weight is 791 g/mol. The minimum absolute atomic E-state index is 0.193. The molecule has 0 spiro atoms. The average Bonchev–Trinajstić information content (AvgIpc) is 3.68. The van der Waals surface area contributed by atoms with Crippen LogP contribution in [0, 0.1) is 0 Å². The summed E-state index contributed by atoms with van der Waals surface area (Å²) in [7, 11) is 0. The number of fused-ring (bicyclic) bond motifs is 6. The topological polar surface area (TPSA) is 8.17 Å². The second-order valence-corrected chi connectivity index (χ2v) is 16.4. The van der Waals surface area contributed by atoms with Gasteiger partial charge in [0, 0.05) is 39.0 Å². The molecule has 1 aliphatic carbocycles. The van der Waals surface area contributed by atoms with Crippen LogP contribution < -0.4 is 4.90 Å². The number of nitrogens with zero attached hydrogens (tertiary/aromatic N) is 2. The highest BCUT2D eigenvalue weighted by atomic mass is 15.2. The highest BCUT2D eigenvalue weighted by Gasteiger charge is 2.25. The van der Waals surface area contributed by atoms with Gasteiger partial charge in [-0.3, -0.25) is 0 Å². The van der Waals surface area contributed by atoms with Gasteiger partial charge in [0.2, 0.25) is 0 Å². The second kappa shape index (κ2) is 15.0. The summed E-state index contributed by atoms with van der Waals surface area (Å²) in [6.45, 7) is 0. The molecule has 0 saturated heterocycles. The zero-order valence-corrected chi connectivity index (χ0v) is 34.2. The van der Waals surface area contributed by atoms with Crippen LogP contribution in [0.4, 0.5) is 11.4 Å². The van der Waals surface area contributed by atoms with Gasteiger partial charge >= 0.3 is 0 Å². The van der Waals surface area contributed by atoms with Crippen molar-refractivity contribution in [2.45, 2.75) is 12.3 Å². The molecule has 2 heteroatoms. The molecule has 1 aromatic heterocycles. The first kappa shape index (κ1) is 36.0. The van der Waals surface area contributed by atoms with Crippen LogP contribution >= 0.6 is 0 Å². The zero-order valence-electron chi connectivity index (χ0n) is 34.2. The van der Waals surface area contributed by atoms with Crippen molar-refractivity contribution >= 4 is 65.5 Å². The lowest BCUT2D eigenvalue weighted by molar-refractivity contribution is 0.831. The third-order valence-corrected chi connectivity index (χ3v) is 12.9. The molecule has 11 aromatic rings. The fourth-order valence-electron chi connectivity index (χ4n) is 10.0. The quantitative estimate of drug-likeness (QED) is 0.156. The van der Waals surface area contributed by atoms with E-state index in [9.17, 15) is 0 Å². The predicted molar refractivity (Wildman–Crippen MR) is 264 cm³/mol. The van der Waals surface area contributed by atoms with Crippen LogP contribution in [0.5, 0.6) is 0 Å². The van der Waals surface area contributed by atoms with E-state index in [-0.39, 0.29) is 5.92 Å². The third-order valence-electron chi connectivity index (χ3n) is 12.9. The monoisotopic (exact) mass is 790 g/mol. The minimum atomic E-state index is 0.193. The Balaban J connectivity index is 1.02. The number of rotatable bonds is 7. The van der Waals surface area contributed by atoms with E-state index in [0.29, 0.717) is 0 Å². The van der Waals surface area contributed by atoms with Crippen LogP contribution in [0.25, 0.3) is 82.1 Å². The molecular formula is C60H42N2. The summed E-state index contributed by atoms with van der Waals surface area (Å²) in [6.07, 6.45) is 8.11. The maximum Gasteiger partial charge on any atom is 0.0541 e. The predicted octanol–water partition coefficient (Wildman–Crippen LogP) is 16.3. The van der Waals surface area contributed by atoms with Gasteiger partial charge in [-0.25, -0.2) is 0 Å². The van der Waals surface area contributed by atoms with Gasteiger partial charge in [0.15, 0.2) is 0 Å². The minimum Gasteiger partial charge on any atom is -0.310 e. The Labute approximate surface area is 361 Å². The third kappa shape index (κ3) is 5.95. The molecular weight excluding hydrogens is 749 g/mol. The van der Waals surface area contributed by atoms with E-state index in [0.717, 1.165) is 23.5 Å². The number of aromatic nitrogens is 1. The molecule has 10 aromatic carbocycles. The van der Waals surface area contributed by atoms with Crippen LogP contribution in [0.2, 0.25) is 0 Å². The Bertz CT molecular complexity index is 3530. The normalized spacial score (nSPS) is 13.9. The van der Waals surface area contributed by atoms with Gasteiger partial charge in [-0.15, -0.1) is 0 Å². The Morgan fingerprint density at radius 3 is 1.79 bits per heavy atom. The fourth-order valence-corrected chi connectivity index (χ4v) is 10.0. The first-order chi connectivity index (χ1) is 30.8. The van der Waals surface area contributed by atoms with E-state index in [2.05, 4.69) is 246 Å². The van der Waals surface area contributed by atoms with Gasteiger partial charge in [-0.1, -0.05) is 194 Å². The lowest BCUT2D eigenvalue weighted by Gasteiger charge is -2.32. The number of hydrogen-bond acceptors (Lipinski definition) is 1. The highest BCUT2D eigenvalue weighted by molar-refractivity contribution is 6.11. The largest absolute Gasteiger partial charge is 0.310 e. The van der Waals surface area contributed by atoms with Gasteiger partial charge in [0.1, 0.15) is 0 Å². The molecule has 0 bridgehead atoms. The molecule has 0 amide bonds. The smallest absolute Gasteiger partial charge is 0.0541 e. The van der Waals surface area contributed by atoms with Crippen molar-refractivity contribution < 1.29 is 0 Å². The number of hydrogen-bond donors (Lipinski definition) is 0. The van der Waals surface area contributed by atoms with Gasteiger partial charge in [0.25, 0.3) is 0 Å². The molecule has 0 radical (unpaired) electrons. The number of allylic oxidation sites excluding steroid dienone is 3. The van der Waals surface area contributed by atoms with Crippen molar-refractivity contribution in [1.82, 2.24) is 4.57 Å². The van der Waals surface area contributed by atoms with E-state index in [1.54, 1.807) is 0 Å². The van der Waals surface area contributed by atoms with Crippen molar-refractivity contribution in [3.63, 3.8) is 0 Å². The molecule has 62 heavy (non-hydrogen) atoms. The highest BCUT2D eigenvalue weighted by Crippen LogP contribution is 2.46. The summed E-state index contributed by atoms with van der Waals surface area (Å²) in [5, 5.41) is 9.97. The maximum absolute atomic E-state index is 2.51. The second-order valence-electron chi connectivity index (χ2n) is 16.4. The van der Waals surface area contributed by atoms with E-state index in [1.165, 1.54) is 87.6 Å². The molecule has 1 aliphatic rings. The summed E-state index contributed by atoms with van der Waals surface area (Å²) < 4.78 is 2.46. The van der Waals surface area contributed by atoms with Gasteiger partial charge in [0.05, 0.1) is 22.4 Å². The van der Waals surface area contributed by atoms with Crippen molar-refractivity contribution in [1.29, 1.82) is 0 Å². The Kier molecular flexibility index (Phi) is 8.67. The molecule has 0 aliphatic heterocycles. The van der Waals surface area contributed by atoms with Crippen LogP contribution in [0.15, 0.2) is 242 Å². The molecule has 2 nitrogen and oxygen atoms in total. The molecule has 1 heterocycles. The molecule has 0 saturated carbocycles. The molecule has 292 valence electrons. The van der Waals surface area contributed by atoms with E-state index >= 15 is 0 Å². The lowest BCUT2D eigenvalue weighted by atomic mass is 9.89. The number of anilines is 2. The Morgan fingerprint density at radius 1 is 0.403 bits per heavy atom. The SMILES string of the molecule is C1=CC(c2ccccc2-n2c3ccccc3c3ccccc32)CC=C1N(c1ccccc1-c1ccc2ccccc2c1)c1ccc(-c2cccc3ccccc23)c2ccccc12. The van der Waals surface area contributed by atoms with Crippen LogP contribution in [-0.4, -0.2) is 4.57 Å². The van der Waals surface area contributed by atoms with Gasteiger partial charge < -0.3 is 9.47 Å². The van der Waals surface area contributed by atoms with Crippen molar-refractivity contribution in [3.8, 4) is 27.9 Å². The van der Waals surface area contributed by atoms with E-state index in [1.807, 2.05) is 0 Å². The number of benzene rings is 10. The van der Waals surface area contributed by atoms with E-state index < -0.39 is 0 Å². The van der Waals surface area contributed by atoms with Gasteiger partial charge in [-0.05, 0) is 98.1 Å². The maximum atomic E-state index is 2.51. The van der Waals surface area contributed by atoms with Crippen molar-refractivity contribution in [2.24, 2.45) is 0 Å². The zero-order chi connectivity index (χ0) is 41.0. The Morgan fingerprint density at radius 2 is 1.00 bits per heavy atom.